The molecular formula is C14H18N2O2S. The molecule has 1 aromatic carbocycles. The van der Waals surface area contributed by atoms with Crippen molar-refractivity contribution in [3.8, 4) is 5.75 Å². The molecule has 0 saturated heterocycles. The molecule has 0 spiro atoms. The van der Waals surface area contributed by atoms with Crippen LogP contribution in [0.3, 0.4) is 0 Å². The molecule has 0 bridgehead atoms. The summed E-state index contributed by atoms with van der Waals surface area (Å²) in [4.78, 5) is 15.5. The molecule has 1 rings (SSSR count). The second-order valence-electron chi connectivity index (χ2n) is 3.84. The van der Waals surface area contributed by atoms with E-state index in [1.165, 1.54) is 11.8 Å². The van der Waals surface area contributed by atoms with E-state index in [0.29, 0.717) is 23.0 Å². The van der Waals surface area contributed by atoms with Gasteiger partial charge in [0.25, 0.3) is 0 Å². The minimum atomic E-state index is 0.0298. The Kier molecular flexibility index (Phi) is 6.15. The first-order valence-electron chi connectivity index (χ1n) is 5.80. The van der Waals surface area contributed by atoms with E-state index in [4.69, 9.17) is 10.5 Å². The summed E-state index contributed by atoms with van der Waals surface area (Å²) in [5.74, 6) is 1.38. The van der Waals surface area contributed by atoms with Gasteiger partial charge in [0.15, 0.2) is 11.0 Å². The molecule has 0 atom stereocenters. The Balaban J connectivity index is 2.83. The van der Waals surface area contributed by atoms with Gasteiger partial charge in [-0.25, -0.2) is 0 Å². The van der Waals surface area contributed by atoms with Crippen molar-refractivity contribution in [2.45, 2.75) is 12.7 Å². The van der Waals surface area contributed by atoms with E-state index in [-0.39, 0.29) is 5.78 Å². The van der Waals surface area contributed by atoms with Gasteiger partial charge in [0, 0.05) is 16.9 Å². The Bertz CT molecular complexity index is 498. The predicted molar refractivity (Wildman–Crippen MR) is 81.0 cm³/mol. The number of nitrogens with two attached hydrogens (primary N) is 1. The smallest absolute Gasteiger partial charge is 0.159 e. The highest BCUT2D eigenvalue weighted by atomic mass is 32.2. The number of ether oxygens (including phenoxy) is 1. The molecular weight excluding hydrogens is 260 g/mol. The van der Waals surface area contributed by atoms with Crippen molar-refractivity contribution in [3.05, 3.63) is 42.0 Å². The topological polar surface area (TPSA) is 64.7 Å². The van der Waals surface area contributed by atoms with Crippen LogP contribution in [-0.2, 0) is 5.75 Å². The molecule has 4 nitrogen and oxygen atoms in total. The molecule has 1 aromatic rings. The van der Waals surface area contributed by atoms with Gasteiger partial charge < -0.3 is 10.5 Å². The highest BCUT2D eigenvalue weighted by molar-refractivity contribution is 8.13. The van der Waals surface area contributed by atoms with Crippen LogP contribution in [0.5, 0.6) is 5.75 Å². The van der Waals surface area contributed by atoms with Crippen LogP contribution in [0.25, 0.3) is 0 Å². The Morgan fingerprint density at radius 2 is 2.32 bits per heavy atom. The number of benzene rings is 1. The van der Waals surface area contributed by atoms with Crippen LogP contribution in [0, 0.1) is 0 Å². The third kappa shape index (κ3) is 4.79. The maximum absolute atomic E-state index is 11.4. The molecule has 0 aliphatic heterocycles. The van der Waals surface area contributed by atoms with Crippen molar-refractivity contribution < 1.29 is 9.53 Å². The zero-order valence-corrected chi connectivity index (χ0v) is 12.0. The van der Waals surface area contributed by atoms with E-state index < -0.39 is 0 Å². The van der Waals surface area contributed by atoms with Gasteiger partial charge >= 0.3 is 0 Å². The fourth-order valence-corrected chi connectivity index (χ4v) is 2.16. The van der Waals surface area contributed by atoms with Gasteiger partial charge in [0.05, 0.1) is 13.7 Å². The molecule has 19 heavy (non-hydrogen) atoms. The van der Waals surface area contributed by atoms with E-state index in [1.54, 1.807) is 32.2 Å². The molecule has 0 fully saturated rings. The lowest BCUT2D eigenvalue weighted by atomic mass is 10.1. The summed E-state index contributed by atoms with van der Waals surface area (Å²) in [6, 6.07) is 5.38. The number of carbonyl (C=O) groups excluding carboxylic acids is 1. The Labute approximate surface area is 117 Å². The number of hydrogen-bond donors (Lipinski definition) is 1. The maximum atomic E-state index is 11.4. The Morgan fingerprint density at radius 1 is 1.58 bits per heavy atom. The van der Waals surface area contributed by atoms with Crippen molar-refractivity contribution in [2.24, 2.45) is 10.7 Å². The Morgan fingerprint density at radius 3 is 2.89 bits per heavy atom. The monoisotopic (exact) mass is 278 g/mol. The van der Waals surface area contributed by atoms with Crippen LogP contribution >= 0.6 is 11.8 Å². The van der Waals surface area contributed by atoms with Gasteiger partial charge in [-0.15, -0.1) is 6.58 Å². The van der Waals surface area contributed by atoms with Crippen LogP contribution < -0.4 is 10.5 Å². The molecule has 0 amide bonds. The quantitative estimate of drug-likeness (QED) is 0.376. The number of carbonyl (C=O) groups is 1. The van der Waals surface area contributed by atoms with E-state index in [1.807, 2.05) is 6.07 Å². The highest BCUT2D eigenvalue weighted by Crippen LogP contribution is 2.24. The van der Waals surface area contributed by atoms with Crippen molar-refractivity contribution in [1.29, 1.82) is 0 Å². The number of amidine groups is 1. The number of methoxy groups -OCH3 is 1. The van der Waals surface area contributed by atoms with Crippen LogP contribution in [0.15, 0.2) is 35.8 Å². The zero-order valence-electron chi connectivity index (χ0n) is 11.2. The second kappa shape index (κ2) is 7.63. The normalized spacial score (nSPS) is 11.2. The number of rotatable bonds is 6. The lowest BCUT2D eigenvalue weighted by Gasteiger charge is -2.09. The van der Waals surface area contributed by atoms with Gasteiger partial charge in [-0.1, -0.05) is 17.8 Å². The van der Waals surface area contributed by atoms with Gasteiger partial charge in [-0.05, 0) is 25.1 Å². The van der Waals surface area contributed by atoms with Gasteiger partial charge in [0.2, 0.25) is 0 Å². The van der Waals surface area contributed by atoms with Gasteiger partial charge in [-0.3, -0.25) is 9.79 Å². The summed E-state index contributed by atoms with van der Waals surface area (Å²) >= 11 is 1.41. The number of thioether (sulfide) groups is 1. The molecule has 0 heterocycles. The van der Waals surface area contributed by atoms with Gasteiger partial charge in [-0.2, -0.15) is 0 Å². The summed E-state index contributed by atoms with van der Waals surface area (Å²) in [6.07, 6.45) is 1.68. The minimum Gasteiger partial charge on any atom is -0.496 e. The average Bonchev–Trinajstić information content (AvgIpc) is 2.42. The van der Waals surface area contributed by atoms with E-state index in [0.717, 1.165) is 11.3 Å². The predicted octanol–water partition coefficient (Wildman–Crippen LogP) is 2.63. The fourth-order valence-electron chi connectivity index (χ4n) is 1.46. The first kappa shape index (κ1) is 15.3. The summed E-state index contributed by atoms with van der Waals surface area (Å²) in [7, 11) is 1.60. The van der Waals surface area contributed by atoms with Crippen LogP contribution in [0.2, 0.25) is 0 Å². The van der Waals surface area contributed by atoms with Crippen LogP contribution in [-0.4, -0.2) is 24.6 Å². The van der Waals surface area contributed by atoms with E-state index in [9.17, 15) is 4.79 Å². The van der Waals surface area contributed by atoms with Crippen LogP contribution in [0.4, 0.5) is 0 Å². The maximum Gasteiger partial charge on any atom is 0.159 e. The summed E-state index contributed by atoms with van der Waals surface area (Å²) in [6.45, 7) is 5.62. The largest absolute Gasteiger partial charge is 0.496 e. The molecule has 0 saturated carbocycles. The molecule has 0 aliphatic rings. The molecule has 0 aromatic heterocycles. The summed E-state index contributed by atoms with van der Waals surface area (Å²) in [5, 5.41) is 0.496. The molecule has 5 heteroatoms. The van der Waals surface area contributed by atoms with Crippen LogP contribution in [0.1, 0.15) is 22.8 Å². The number of aliphatic imine (C=N–C) groups is 1. The van der Waals surface area contributed by atoms with Crippen molar-refractivity contribution >= 4 is 22.7 Å². The fraction of sp³-hybridized carbons (Fsp3) is 0.286. The number of Topliss-reactive ketones (excluding diaryl/α,β-unsaturated/α-hetero) is 1. The van der Waals surface area contributed by atoms with Crippen molar-refractivity contribution in [3.63, 3.8) is 0 Å². The van der Waals surface area contributed by atoms with Gasteiger partial charge in [0.1, 0.15) is 5.75 Å². The molecule has 102 valence electrons. The lowest BCUT2D eigenvalue weighted by molar-refractivity contribution is 0.101. The molecule has 0 aliphatic carbocycles. The summed E-state index contributed by atoms with van der Waals surface area (Å²) in [5.41, 5.74) is 7.35. The van der Waals surface area contributed by atoms with Crippen molar-refractivity contribution in [1.82, 2.24) is 0 Å². The zero-order chi connectivity index (χ0) is 14.3. The van der Waals surface area contributed by atoms with E-state index in [2.05, 4.69) is 11.6 Å². The SMILES string of the molecule is C=CCN=C(N)SCc1cc(C(C)=O)ccc1OC. The summed E-state index contributed by atoms with van der Waals surface area (Å²) < 4.78 is 5.27. The standard InChI is InChI=1S/C14H18N2O2S/c1-4-7-16-14(15)19-9-12-8-11(10(2)17)5-6-13(12)18-3/h4-6,8H,1,7,9H2,2-3H3,(H2,15,16). The Hall–Kier alpha value is -1.75. The molecule has 0 radical (unpaired) electrons. The lowest BCUT2D eigenvalue weighted by Crippen LogP contribution is -2.08. The number of hydrogen-bond acceptors (Lipinski definition) is 4. The third-order valence-electron chi connectivity index (χ3n) is 2.44. The number of nitrogens with zero attached hydrogens (tertiary/aromatic N) is 1. The average molecular weight is 278 g/mol. The first-order chi connectivity index (χ1) is 9.08. The van der Waals surface area contributed by atoms with E-state index >= 15 is 0 Å². The number of ketones is 1. The first-order valence-corrected chi connectivity index (χ1v) is 6.78. The highest BCUT2D eigenvalue weighted by Gasteiger charge is 2.08. The second-order valence-corrected chi connectivity index (χ2v) is 4.83. The molecule has 2 N–H and O–H groups in total. The van der Waals surface area contributed by atoms with Crippen molar-refractivity contribution in [2.75, 3.05) is 13.7 Å². The third-order valence-corrected chi connectivity index (χ3v) is 3.32. The molecule has 0 unspecified atom stereocenters. The minimum absolute atomic E-state index is 0.0298.